The SMILES string of the molecule is CCn1nccc1C1CCCN1C(=O)Nc1cccc(Cl)c1. The number of aryl methyl sites for hydroxylation is 1. The molecule has 0 saturated carbocycles. The quantitative estimate of drug-likeness (QED) is 0.932. The van der Waals surface area contributed by atoms with Crippen molar-refractivity contribution in [1.29, 1.82) is 0 Å². The molecule has 2 heterocycles. The van der Waals surface area contributed by atoms with Gasteiger partial charge in [-0.15, -0.1) is 0 Å². The lowest BCUT2D eigenvalue weighted by atomic mass is 10.1. The largest absolute Gasteiger partial charge is 0.322 e. The van der Waals surface area contributed by atoms with Gasteiger partial charge in [-0.1, -0.05) is 17.7 Å². The first-order chi connectivity index (χ1) is 10.7. The Morgan fingerprint density at radius 2 is 2.32 bits per heavy atom. The molecule has 0 aliphatic carbocycles. The van der Waals surface area contributed by atoms with Crippen molar-refractivity contribution in [2.45, 2.75) is 32.4 Å². The molecule has 3 rings (SSSR count). The Morgan fingerprint density at radius 1 is 1.45 bits per heavy atom. The average Bonchev–Trinajstić information content (AvgIpc) is 3.15. The highest BCUT2D eigenvalue weighted by Gasteiger charge is 2.32. The lowest BCUT2D eigenvalue weighted by molar-refractivity contribution is 0.204. The molecule has 5 nitrogen and oxygen atoms in total. The smallest absolute Gasteiger partial charge is 0.316 e. The van der Waals surface area contributed by atoms with Crippen molar-refractivity contribution in [2.24, 2.45) is 0 Å². The zero-order valence-corrected chi connectivity index (χ0v) is 13.3. The lowest BCUT2D eigenvalue weighted by Gasteiger charge is -2.25. The molecule has 0 radical (unpaired) electrons. The first kappa shape index (κ1) is 14.9. The summed E-state index contributed by atoms with van der Waals surface area (Å²) in [5.41, 5.74) is 1.81. The standard InChI is InChI=1S/C16H19ClN4O/c1-2-21-15(8-9-18-21)14-7-4-10-20(14)16(22)19-13-6-3-5-12(17)11-13/h3,5-6,8-9,11,14H,2,4,7,10H2,1H3,(H,19,22). The number of urea groups is 1. The normalized spacial score (nSPS) is 17.7. The van der Waals surface area contributed by atoms with Crippen LogP contribution in [-0.4, -0.2) is 27.3 Å². The van der Waals surface area contributed by atoms with Gasteiger partial charge in [0.05, 0.1) is 11.7 Å². The molecule has 1 saturated heterocycles. The molecule has 1 unspecified atom stereocenters. The van der Waals surface area contributed by atoms with Gasteiger partial charge in [0.15, 0.2) is 0 Å². The Balaban J connectivity index is 1.77. The van der Waals surface area contributed by atoms with Gasteiger partial charge in [0, 0.05) is 30.0 Å². The maximum absolute atomic E-state index is 12.6. The second kappa shape index (κ2) is 6.40. The number of hydrogen-bond acceptors (Lipinski definition) is 2. The Kier molecular flexibility index (Phi) is 4.34. The van der Waals surface area contributed by atoms with Crippen LogP contribution in [0.1, 0.15) is 31.5 Å². The summed E-state index contributed by atoms with van der Waals surface area (Å²) in [4.78, 5) is 14.5. The van der Waals surface area contributed by atoms with E-state index >= 15 is 0 Å². The van der Waals surface area contributed by atoms with E-state index in [4.69, 9.17) is 11.6 Å². The number of likely N-dealkylation sites (tertiary alicyclic amines) is 1. The third kappa shape index (κ3) is 2.95. The maximum atomic E-state index is 12.6. The topological polar surface area (TPSA) is 50.2 Å². The molecule has 1 N–H and O–H groups in total. The van der Waals surface area contributed by atoms with Crippen molar-refractivity contribution < 1.29 is 4.79 Å². The van der Waals surface area contributed by atoms with Gasteiger partial charge in [-0.3, -0.25) is 4.68 Å². The number of carbonyl (C=O) groups excluding carboxylic acids is 1. The molecule has 6 heteroatoms. The average molecular weight is 319 g/mol. The van der Waals surface area contributed by atoms with Crippen molar-refractivity contribution in [3.05, 3.63) is 47.2 Å². The molecule has 1 atom stereocenters. The minimum atomic E-state index is -0.0892. The predicted molar refractivity (Wildman–Crippen MR) is 87.1 cm³/mol. The van der Waals surface area contributed by atoms with Crippen molar-refractivity contribution >= 4 is 23.3 Å². The number of nitrogens with zero attached hydrogens (tertiary/aromatic N) is 3. The van der Waals surface area contributed by atoms with E-state index in [9.17, 15) is 4.79 Å². The van der Waals surface area contributed by atoms with Gasteiger partial charge in [0.2, 0.25) is 0 Å². The van der Waals surface area contributed by atoms with Crippen molar-refractivity contribution in [1.82, 2.24) is 14.7 Å². The van der Waals surface area contributed by atoms with Crippen LogP contribution in [-0.2, 0) is 6.54 Å². The summed E-state index contributed by atoms with van der Waals surface area (Å²) in [7, 11) is 0. The summed E-state index contributed by atoms with van der Waals surface area (Å²) in [5, 5.41) is 7.85. The molecule has 116 valence electrons. The van der Waals surface area contributed by atoms with Gasteiger partial charge in [-0.25, -0.2) is 4.79 Å². The molecule has 22 heavy (non-hydrogen) atoms. The van der Waals surface area contributed by atoms with E-state index in [0.717, 1.165) is 31.6 Å². The van der Waals surface area contributed by atoms with E-state index in [1.54, 1.807) is 18.3 Å². The number of anilines is 1. The second-order valence-corrected chi connectivity index (χ2v) is 5.80. The fourth-order valence-electron chi connectivity index (χ4n) is 2.97. The molecule has 1 fully saturated rings. The first-order valence-corrected chi connectivity index (χ1v) is 7.91. The van der Waals surface area contributed by atoms with Crippen molar-refractivity contribution in [3.8, 4) is 0 Å². The number of aromatic nitrogens is 2. The first-order valence-electron chi connectivity index (χ1n) is 7.54. The van der Waals surface area contributed by atoms with Crippen LogP contribution >= 0.6 is 11.6 Å². The fraction of sp³-hybridized carbons (Fsp3) is 0.375. The molecule has 0 bridgehead atoms. The Morgan fingerprint density at radius 3 is 3.09 bits per heavy atom. The summed E-state index contributed by atoms with van der Waals surface area (Å²) in [6, 6.07) is 9.20. The molecule has 2 aromatic rings. The molecule has 1 aliphatic rings. The minimum absolute atomic E-state index is 0.0848. The number of nitrogens with one attached hydrogen (secondary N) is 1. The van der Waals surface area contributed by atoms with Gasteiger partial charge >= 0.3 is 6.03 Å². The number of benzene rings is 1. The summed E-state index contributed by atoms with van der Waals surface area (Å²) in [5.74, 6) is 0. The van der Waals surface area contributed by atoms with E-state index < -0.39 is 0 Å². The maximum Gasteiger partial charge on any atom is 0.322 e. The third-order valence-electron chi connectivity index (χ3n) is 3.98. The van der Waals surface area contributed by atoms with Crippen LogP contribution in [0.15, 0.2) is 36.5 Å². The molecule has 1 aromatic heterocycles. The minimum Gasteiger partial charge on any atom is -0.316 e. The number of hydrogen-bond donors (Lipinski definition) is 1. The fourth-order valence-corrected chi connectivity index (χ4v) is 3.16. The monoisotopic (exact) mass is 318 g/mol. The van der Waals surface area contributed by atoms with E-state index in [1.165, 1.54) is 0 Å². The Bertz CT molecular complexity index is 670. The molecule has 1 aliphatic heterocycles. The molecule has 1 aromatic carbocycles. The van der Waals surface area contributed by atoms with Gasteiger partial charge in [-0.2, -0.15) is 5.10 Å². The van der Waals surface area contributed by atoms with E-state index in [-0.39, 0.29) is 12.1 Å². The number of rotatable bonds is 3. The summed E-state index contributed by atoms with van der Waals surface area (Å²) in [6.07, 6.45) is 3.77. The van der Waals surface area contributed by atoms with Crippen LogP contribution in [0.3, 0.4) is 0 Å². The van der Waals surface area contributed by atoms with E-state index in [1.807, 2.05) is 27.8 Å². The van der Waals surface area contributed by atoms with Gasteiger partial charge in [-0.05, 0) is 44.0 Å². The Labute approximate surface area is 134 Å². The van der Waals surface area contributed by atoms with Crippen molar-refractivity contribution in [2.75, 3.05) is 11.9 Å². The van der Waals surface area contributed by atoms with Crippen LogP contribution in [0.4, 0.5) is 10.5 Å². The molecular formula is C16H19ClN4O. The number of amides is 2. The number of halogens is 1. The second-order valence-electron chi connectivity index (χ2n) is 5.36. The van der Waals surface area contributed by atoms with E-state index in [2.05, 4.69) is 17.3 Å². The van der Waals surface area contributed by atoms with Crippen LogP contribution in [0, 0.1) is 0 Å². The summed E-state index contributed by atoms with van der Waals surface area (Å²) in [6.45, 7) is 3.62. The third-order valence-corrected chi connectivity index (χ3v) is 4.21. The highest BCUT2D eigenvalue weighted by molar-refractivity contribution is 6.30. The number of carbonyl (C=O) groups is 1. The van der Waals surface area contributed by atoms with Crippen LogP contribution in [0.2, 0.25) is 5.02 Å². The predicted octanol–water partition coefficient (Wildman–Crippen LogP) is 3.93. The lowest BCUT2D eigenvalue weighted by Crippen LogP contribution is -2.35. The van der Waals surface area contributed by atoms with Gasteiger partial charge in [0.1, 0.15) is 0 Å². The van der Waals surface area contributed by atoms with Crippen LogP contribution < -0.4 is 5.32 Å². The van der Waals surface area contributed by atoms with Crippen molar-refractivity contribution in [3.63, 3.8) is 0 Å². The highest BCUT2D eigenvalue weighted by Crippen LogP contribution is 2.32. The molecule has 2 amide bonds. The molecular weight excluding hydrogens is 300 g/mol. The Hall–Kier alpha value is -2.01. The molecule has 0 spiro atoms. The van der Waals surface area contributed by atoms with Crippen LogP contribution in [0.5, 0.6) is 0 Å². The van der Waals surface area contributed by atoms with E-state index in [0.29, 0.717) is 10.7 Å². The summed E-state index contributed by atoms with van der Waals surface area (Å²) >= 11 is 5.96. The zero-order chi connectivity index (χ0) is 15.5. The van der Waals surface area contributed by atoms with Gasteiger partial charge < -0.3 is 10.2 Å². The van der Waals surface area contributed by atoms with Gasteiger partial charge in [0.25, 0.3) is 0 Å². The van der Waals surface area contributed by atoms with Crippen LogP contribution in [0.25, 0.3) is 0 Å². The summed E-state index contributed by atoms with van der Waals surface area (Å²) < 4.78 is 1.95. The zero-order valence-electron chi connectivity index (χ0n) is 12.5. The highest BCUT2D eigenvalue weighted by atomic mass is 35.5.